The Bertz CT molecular complexity index is 669. The number of thiocarbonyl (C=S) groups is 1. The molecule has 0 unspecified atom stereocenters. The summed E-state index contributed by atoms with van der Waals surface area (Å²) >= 11 is 6.86. The molecule has 5 nitrogen and oxygen atoms in total. The number of pyridine rings is 1. The molecule has 0 amide bonds. The lowest BCUT2D eigenvalue weighted by Crippen LogP contribution is -2.25. The fourth-order valence-electron chi connectivity index (χ4n) is 2.06. The monoisotopic (exact) mass is 318 g/mol. The van der Waals surface area contributed by atoms with Crippen LogP contribution < -0.4 is 0 Å². The van der Waals surface area contributed by atoms with Crippen molar-refractivity contribution in [1.29, 1.82) is 0 Å². The van der Waals surface area contributed by atoms with E-state index in [1.54, 1.807) is 28.8 Å². The molecule has 3 heterocycles. The number of hydrogen-bond donors (Lipinski definition) is 1. The molecular weight excluding hydrogens is 304 g/mol. The second kappa shape index (κ2) is 6.38. The van der Waals surface area contributed by atoms with E-state index in [2.05, 4.69) is 16.2 Å². The third kappa shape index (κ3) is 3.31. The molecule has 0 spiro atoms. The fraction of sp³-hybridized carbons (Fsp3) is 0.214. The van der Waals surface area contributed by atoms with Crippen molar-refractivity contribution in [1.82, 2.24) is 19.7 Å². The first kappa shape index (κ1) is 14.2. The third-order valence-corrected chi connectivity index (χ3v) is 4.48. The van der Waals surface area contributed by atoms with E-state index < -0.39 is 0 Å². The fourth-order valence-corrected chi connectivity index (χ4v) is 3.46. The van der Waals surface area contributed by atoms with Crippen LogP contribution in [0.2, 0.25) is 0 Å². The molecule has 1 fully saturated rings. The van der Waals surface area contributed by atoms with Crippen molar-refractivity contribution >= 4 is 34.4 Å². The molecule has 0 aromatic carbocycles. The average molecular weight is 318 g/mol. The number of aromatic nitrogens is 3. The van der Waals surface area contributed by atoms with Gasteiger partial charge in [0.15, 0.2) is 0 Å². The molecule has 0 radical (unpaired) electrons. The van der Waals surface area contributed by atoms with E-state index >= 15 is 0 Å². The predicted molar refractivity (Wildman–Crippen MR) is 88.2 cm³/mol. The normalized spacial score (nSPS) is 16.9. The van der Waals surface area contributed by atoms with E-state index in [-0.39, 0.29) is 6.61 Å². The highest BCUT2D eigenvalue weighted by Gasteiger charge is 2.21. The molecule has 21 heavy (non-hydrogen) atoms. The maximum Gasteiger partial charge on any atom is 0.141 e. The van der Waals surface area contributed by atoms with Gasteiger partial charge in [0.05, 0.1) is 31.2 Å². The van der Waals surface area contributed by atoms with Gasteiger partial charge < -0.3 is 10.0 Å². The zero-order chi connectivity index (χ0) is 14.7. The highest BCUT2D eigenvalue weighted by molar-refractivity contribution is 8.25. The number of rotatable bonds is 4. The van der Waals surface area contributed by atoms with Crippen LogP contribution in [0.5, 0.6) is 0 Å². The molecule has 1 aliphatic rings. The maximum absolute atomic E-state index is 9.00. The van der Waals surface area contributed by atoms with Crippen LogP contribution in [-0.4, -0.2) is 48.8 Å². The van der Waals surface area contributed by atoms with Crippen molar-refractivity contribution in [3.05, 3.63) is 47.4 Å². The number of aliphatic hydroxyl groups is 1. The van der Waals surface area contributed by atoms with Gasteiger partial charge in [-0.25, -0.2) is 4.68 Å². The van der Waals surface area contributed by atoms with Crippen LogP contribution >= 0.6 is 24.0 Å². The van der Waals surface area contributed by atoms with Crippen molar-refractivity contribution in [3.8, 4) is 5.69 Å². The number of hydrogen-bond acceptors (Lipinski definition) is 5. The largest absolute Gasteiger partial charge is 0.395 e. The minimum atomic E-state index is 0.118. The molecular formula is C14H14N4OS2. The summed E-state index contributed by atoms with van der Waals surface area (Å²) in [6.45, 7) is 1.45. The molecule has 0 saturated carbocycles. The van der Waals surface area contributed by atoms with Gasteiger partial charge in [-0.15, -0.1) is 0 Å². The summed E-state index contributed by atoms with van der Waals surface area (Å²) < 4.78 is 2.61. The molecule has 3 rings (SSSR count). The smallest absolute Gasteiger partial charge is 0.141 e. The quantitative estimate of drug-likeness (QED) is 0.870. The van der Waals surface area contributed by atoms with Crippen LogP contribution in [0.4, 0.5) is 0 Å². The van der Waals surface area contributed by atoms with E-state index in [4.69, 9.17) is 17.3 Å². The lowest BCUT2D eigenvalue weighted by molar-refractivity contribution is 0.260. The summed E-state index contributed by atoms with van der Waals surface area (Å²) in [5.74, 6) is 0. The average Bonchev–Trinajstić information content (AvgIpc) is 3.08. The summed E-state index contributed by atoms with van der Waals surface area (Å²) in [6.07, 6.45) is 9.36. The predicted octanol–water partition coefficient (Wildman–Crippen LogP) is 1.93. The van der Waals surface area contributed by atoms with Crippen molar-refractivity contribution in [2.24, 2.45) is 0 Å². The summed E-state index contributed by atoms with van der Waals surface area (Å²) in [4.78, 5) is 7.25. The van der Waals surface area contributed by atoms with Crippen LogP contribution in [0.25, 0.3) is 11.8 Å². The topological polar surface area (TPSA) is 54.2 Å². The molecule has 0 aliphatic carbocycles. The van der Waals surface area contributed by atoms with Gasteiger partial charge in [-0.05, 0) is 18.2 Å². The zero-order valence-electron chi connectivity index (χ0n) is 11.2. The SMILES string of the molecule is OCCN1C/C(=C/c2cnn(-c3cccnc3)c2)SC1=S. The van der Waals surface area contributed by atoms with Crippen LogP contribution in [-0.2, 0) is 0 Å². The summed E-state index contributed by atoms with van der Waals surface area (Å²) in [6, 6.07) is 3.84. The summed E-state index contributed by atoms with van der Waals surface area (Å²) in [5, 5.41) is 13.3. The van der Waals surface area contributed by atoms with Crippen molar-refractivity contribution in [3.63, 3.8) is 0 Å². The van der Waals surface area contributed by atoms with Crippen LogP contribution in [0, 0.1) is 0 Å². The van der Waals surface area contributed by atoms with Gasteiger partial charge >= 0.3 is 0 Å². The van der Waals surface area contributed by atoms with Gasteiger partial charge in [-0.1, -0.05) is 24.0 Å². The standard InChI is InChI=1S/C14H14N4OS2/c19-5-4-17-10-13(21-14(17)20)6-11-7-16-18(9-11)12-2-1-3-15-8-12/h1-3,6-9,19H,4-5,10H2/b13-6-. The molecule has 1 saturated heterocycles. The Labute approximate surface area is 132 Å². The molecule has 1 N–H and O–H groups in total. The van der Waals surface area contributed by atoms with Crippen LogP contribution in [0.15, 0.2) is 41.8 Å². The summed E-state index contributed by atoms with van der Waals surface area (Å²) in [7, 11) is 0. The molecule has 1 aliphatic heterocycles. The number of nitrogens with zero attached hydrogens (tertiary/aromatic N) is 4. The Morgan fingerprint density at radius 3 is 3.10 bits per heavy atom. The highest BCUT2D eigenvalue weighted by Crippen LogP contribution is 2.30. The Morgan fingerprint density at radius 2 is 2.33 bits per heavy atom. The minimum absolute atomic E-state index is 0.118. The lowest BCUT2D eigenvalue weighted by Gasteiger charge is -2.13. The highest BCUT2D eigenvalue weighted by atomic mass is 32.2. The van der Waals surface area contributed by atoms with Crippen molar-refractivity contribution in [2.75, 3.05) is 19.7 Å². The summed E-state index contributed by atoms with van der Waals surface area (Å²) in [5.41, 5.74) is 1.95. The van der Waals surface area contributed by atoms with E-state index in [9.17, 15) is 0 Å². The van der Waals surface area contributed by atoms with Gasteiger partial charge in [0, 0.05) is 29.4 Å². The molecule has 2 aromatic heterocycles. The van der Waals surface area contributed by atoms with E-state index in [0.717, 1.165) is 22.1 Å². The Morgan fingerprint density at radius 1 is 1.43 bits per heavy atom. The second-order valence-electron chi connectivity index (χ2n) is 4.55. The van der Waals surface area contributed by atoms with E-state index in [0.29, 0.717) is 6.54 Å². The molecule has 0 bridgehead atoms. The Balaban J connectivity index is 1.76. The van der Waals surface area contributed by atoms with Crippen molar-refractivity contribution in [2.45, 2.75) is 0 Å². The first-order valence-corrected chi connectivity index (χ1v) is 7.72. The van der Waals surface area contributed by atoms with Gasteiger partial charge in [0.25, 0.3) is 0 Å². The van der Waals surface area contributed by atoms with Crippen LogP contribution in [0.1, 0.15) is 5.56 Å². The van der Waals surface area contributed by atoms with Gasteiger partial charge in [-0.3, -0.25) is 4.98 Å². The lowest BCUT2D eigenvalue weighted by atomic mass is 10.3. The molecule has 7 heteroatoms. The molecule has 2 aromatic rings. The zero-order valence-corrected chi connectivity index (χ0v) is 12.8. The van der Waals surface area contributed by atoms with E-state index in [1.807, 2.05) is 29.4 Å². The minimum Gasteiger partial charge on any atom is -0.395 e. The van der Waals surface area contributed by atoms with Gasteiger partial charge in [0.2, 0.25) is 0 Å². The second-order valence-corrected chi connectivity index (χ2v) is 6.31. The number of thioether (sulfide) groups is 1. The third-order valence-electron chi connectivity index (χ3n) is 3.03. The van der Waals surface area contributed by atoms with E-state index in [1.165, 1.54) is 4.91 Å². The Kier molecular flexibility index (Phi) is 4.33. The van der Waals surface area contributed by atoms with Crippen LogP contribution in [0.3, 0.4) is 0 Å². The first-order chi connectivity index (χ1) is 10.3. The van der Waals surface area contributed by atoms with Gasteiger partial charge in [0.1, 0.15) is 4.32 Å². The number of aliphatic hydroxyl groups excluding tert-OH is 1. The number of β-amino-alcohol motifs (C(OH)–C–C–N with tert-alkyl or cyclic N) is 1. The molecule has 0 atom stereocenters. The maximum atomic E-state index is 9.00. The van der Waals surface area contributed by atoms with Crippen molar-refractivity contribution < 1.29 is 5.11 Å². The Hall–Kier alpha value is -1.70. The molecule has 108 valence electrons. The first-order valence-electron chi connectivity index (χ1n) is 6.49. The van der Waals surface area contributed by atoms with Gasteiger partial charge in [-0.2, -0.15) is 5.10 Å².